The molecule has 2 rings (SSSR count). The topological polar surface area (TPSA) is 38.0 Å². The van der Waals surface area contributed by atoms with E-state index in [1.165, 1.54) is 44.9 Å². The Hall–Kier alpha value is 0.270. The van der Waals surface area contributed by atoms with Gasteiger partial charge >= 0.3 is 0 Å². The van der Waals surface area contributed by atoms with Crippen LogP contribution in [0, 0.1) is 23.7 Å². The number of hydrogen-bond acceptors (Lipinski definition) is 3. The molecule has 3 N–H and O–H groups in total. The first kappa shape index (κ1) is 17.6. The van der Waals surface area contributed by atoms with Crippen LogP contribution in [0.15, 0.2) is 0 Å². The molecule has 7 unspecified atom stereocenters. The van der Waals surface area contributed by atoms with Crippen molar-refractivity contribution in [2.45, 2.75) is 83.8 Å². The van der Waals surface area contributed by atoms with E-state index in [4.69, 9.17) is 5.73 Å². The minimum absolute atomic E-state index is 0.461. The summed E-state index contributed by atoms with van der Waals surface area (Å²) in [5.41, 5.74) is 6.16. The van der Waals surface area contributed by atoms with Gasteiger partial charge in [0.05, 0.1) is 0 Å². The summed E-state index contributed by atoms with van der Waals surface area (Å²) in [5, 5.41) is 3.76. The fourth-order valence-electron chi connectivity index (χ4n) is 4.60. The van der Waals surface area contributed by atoms with Gasteiger partial charge in [-0.15, -0.1) is 0 Å². The molecule has 0 amide bonds. The highest BCUT2D eigenvalue weighted by Gasteiger charge is 2.31. The minimum Gasteiger partial charge on any atom is -0.327 e. The summed E-state index contributed by atoms with van der Waals surface area (Å²) >= 11 is 4.39. The zero-order chi connectivity index (χ0) is 15.4. The van der Waals surface area contributed by atoms with Crippen LogP contribution in [0.4, 0.5) is 0 Å². The number of hydrogen-bond donors (Lipinski definition) is 3. The van der Waals surface area contributed by atoms with Crippen molar-refractivity contribution in [3.8, 4) is 0 Å². The van der Waals surface area contributed by atoms with Crippen LogP contribution in [0.1, 0.15) is 65.7 Å². The molecule has 0 aromatic rings. The molecule has 0 aliphatic heterocycles. The van der Waals surface area contributed by atoms with E-state index < -0.39 is 0 Å². The molecule has 0 saturated heterocycles. The molecule has 0 aromatic carbocycles. The SMILES string of the molecule is CC(CS)NC1CCC(CC2CCC(N)C(C)C2)CC1C. The van der Waals surface area contributed by atoms with E-state index in [9.17, 15) is 0 Å². The van der Waals surface area contributed by atoms with Crippen LogP contribution in [0.25, 0.3) is 0 Å². The van der Waals surface area contributed by atoms with Gasteiger partial charge in [-0.1, -0.05) is 13.8 Å². The van der Waals surface area contributed by atoms with E-state index in [1.807, 2.05) is 0 Å². The Kier molecular flexibility index (Phi) is 6.89. The Morgan fingerprint density at radius 3 is 2.24 bits per heavy atom. The van der Waals surface area contributed by atoms with Crippen LogP contribution in [0.5, 0.6) is 0 Å². The van der Waals surface area contributed by atoms with E-state index in [-0.39, 0.29) is 0 Å². The van der Waals surface area contributed by atoms with Crippen molar-refractivity contribution in [2.24, 2.45) is 29.4 Å². The summed E-state index contributed by atoms with van der Waals surface area (Å²) in [6.45, 7) is 7.03. The Bertz CT molecular complexity index is 310. The van der Waals surface area contributed by atoms with Gasteiger partial charge in [-0.2, -0.15) is 12.6 Å². The van der Waals surface area contributed by atoms with Crippen molar-refractivity contribution in [1.82, 2.24) is 5.32 Å². The number of thiol groups is 1. The predicted molar refractivity (Wildman–Crippen MR) is 95.8 cm³/mol. The Balaban J connectivity index is 1.75. The lowest BCUT2D eigenvalue weighted by molar-refractivity contribution is 0.154. The van der Waals surface area contributed by atoms with Gasteiger partial charge in [-0.25, -0.2) is 0 Å². The normalized spacial score (nSPS) is 42.7. The van der Waals surface area contributed by atoms with Crippen molar-refractivity contribution in [1.29, 1.82) is 0 Å². The van der Waals surface area contributed by atoms with Gasteiger partial charge in [0.1, 0.15) is 0 Å². The second-order valence-corrected chi connectivity index (χ2v) is 8.43. The van der Waals surface area contributed by atoms with Crippen molar-refractivity contribution in [2.75, 3.05) is 5.75 Å². The lowest BCUT2D eigenvalue weighted by Crippen LogP contribution is -2.44. The predicted octanol–water partition coefficient (Wildman–Crippen LogP) is 3.85. The molecular formula is C18H36N2S. The zero-order valence-corrected chi connectivity index (χ0v) is 15.1. The third-order valence-corrected chi connectivity index (χ3v) is 6.61. The molecule has 21 heavy (non-hydrogen) atoms. The summed E-state index contributed by atoms with van der Waals surface area (Å²) in [7, 11) is 0. The summed E-state index contributed by atoms with van der Waals surface area (Å²) in [5.74, 6) is 4.38. The Labute approximate surface area is 137 Å². The van der Waals surface area contributed by atoms with Crippen LogP contribution in [0.2, 0.25) is 0 Å². The van der Waals surface area contributed by atoms with Gasteiger partial charge in [0.25, 0.3) is 0 Å². The first-order chi connectivity index (χ1) is 9.99. The van der Waals surface area contributed by atoms with E-state index in [0.29, 0.717) is 18.1 Å². The molecule has 0 aromatic heterocycles. The smallest absolute Gasteiger partial charge is 0.0130 e. The van der Waals surface area contributed by atoms with Gasteiger partial charge in [0.2, 0.25) is 0 Å². The average Bonchev–Trinajstić information content (AvgIpc) is 2.45. The molecule has 0 bridgehead atoms. The number of nitrogens with two attached hydrogens (primary N) is 1. The monoisotopic (exact) mass is 312 g/mol. The molecule has 2 fully saturated rings. The van der Waals surface area contributed by atoms with Gasteiger partial charge < -0.3 is 11.1 Å². The lowest BCUT2D eigenvalue weighted by Gasteiger charge is -2.39. The molecule has 0 heterocycles. The third kappa shape index (κ3) is 5.14. The maximum atomic E-state index is 6.16. The van der Waals surface area contributed by atoms with Gasteiger partial charge in [-0.05, 0) is 75.5 Å². The highest BCUT2D eigenvalue weighted by atomic mass is 32.1. The number of nitrogens with one attached hydrogen (secondary N) is 1. The standard InChI is InChI=1S/C18H36N2S/c1-12-8-15(4-6-17(12)19)10-16-5-7-18(13(2)9-16)20-14(3)11-21/h12-18,20-21H,4-11,19H2,1-3H3. The van der Waals surface area contributed by atoms with Crippen molar-refractivity contribution < 1.29 is 0 Å². The van der Waals surface area contributed by atoms with Crippen molar-refractivity contribution in [3.63, 3.8) is 0 Å². The molecular weight excluding hydrogens is 276 g/mol. The summed E-state index contributed by atoms with van der Waals surface area (Å²) in [6, 6.07) is 1.71. The second-order valence-electron chi connectivity index (χ2n) is 8.07. The Morgan fingerprint density at radius 1 is 1.05 bits per heavy atom. The largest absolute Gasteiger partial charge is 0.327 e. The third-order valence-electron chi connectivity index (χ3n) is 6.06. The molecule has 2 aliphatic carbocycles. The molecule has 2 nitrogen and oxygen atoms in total. The first-order valence-electron chi connectivity index (χ1n) is 9.12. The lowest BCUT2D eigenvalue weighted by atomic mass is 9.70. The van der Waals surface area contributed by atoms with Crippen LogP contribution in [-0.2, 0) is 0 Å². The van der Waals surface area contributed by atoms with Crippen LogP contribution >= 0.6 is 12.6 Å². The van der Waals surface area contributed by atoms with Gasteiger partial charge in [0.15, 0.2) is 0 Å². The number of rotatable bonds is 5. The molecule has 0 spiro atoms. The summed E-state index contributed by atoms with van der Waals surface area (Å²) in [6.07, 6.45) is 9.62. The molecule has 124 valence electrons. The summed E-state index contributed by atoms with van der Waals surface area (Å²) < 4.78 is 0. The van der Waals surface area contributed by atoms with Crippen LogP contribution in [0.3, 0.4) is 0 Å². The first-order valence-corrected chi connectivity index (χ1v) is 9.75. The maximum Gasteiger partial charge on any atom is 0.0130 e. The minimum atomic E-state index is 0.461. The van der Waals surface area contributed by atoms with E-state index in [1.54, 1.807) is 0 Å². The summed E-state index contributed by atoms with van der Waals surface area (Å²) in [4.78, 5) is 0. The molecule has 2 aliphatic rings. The zero-order valence-electron chi connectivity index (χ0n) is 14.2. The van der Waals surface area contributed by atoms with Crippen molar-refractivity contribution >= 4 is 12.6 Å². The van der Waals surface area contributed by atoms with Gasteiger partial charge in [-0.3, -0.25) is 0 Å². The Morgan fingerprint density at radius 2 is 1.67 bits per heavy atom. The van der Waals surface area contributed by atoms with Crippen LogP contribution < -0.4 is 11.1 Å². The molecule has 7 atom stereocenters. The highest BCUT2D eigenvalue weighted by Crippen LogP contribution is 2.38. The quantitative estimate of drug-likeness (QED) is 0.675. The second kappa shape index (κ2) is 8.21. The van der Waals surface area contributed by atoms with E-state index in [0.717, 1.165) is 29.4 Å². The van der Waals surface area contributed by atoms with E-state index >= 15 is 0 Å². The van der Waals surface area contributed by atoms with Crippen LogP contribution in [-0.4, -0.2) is 23.9 Å². The highest BCUT2D eigenvalue weighted by molar-refractivity contribution is 7.80. The fourth-order valence-corrected chi connectivity index (χ4v) is 4.71. The van der Waals surface area contributed by atoms with Crippen molar-refractivity contribution in [3.05, 3.63) is 0 Å². The molecule has 2 saturated carbocycles. The maximum absolute atomic E-state index is 6.16. The molecule has 0 radical (unpaired) electrons. The fraction of sp³-hybridized carbons (Fsp3) is 1.00. The van der Waals surface area contributed by atoms with Gasteiger partial charge in [0, 0.05) is 23.9 Å². The van der Waals surface area contributed by atoms with E-state index in [2.05, 4.69) is 38.7 Å². The average molecular weight is 313 g/mol. The molecule has 3 heteroatoms.